The summed E-state index contributed by atoms with van der Waals surface area (Å²) in [5.41, 5.74) is -0.0637. The van der Waals surface area contributed by atoms with E-state index in [2.05, 4.69) is 0 Å². The largest absolute Gasteiger partial charge is 0.491 e. The summed E-state index contributed by atoms with van der Waals surface area (Å²) in [5.74, 6) is -8.20. The van der Waals surface area contributed by atoms with Crippen LogP contribution in [0.25, 0.3) is 5.83 Å². The molecule has 0 spiro atoms. The summed E-state index contributed by atoms with van der Waals surface area (Å²) >= 11 is 0. The van der Waals surface area contributed by atoms with Crippen molar-refractivity contribution in [2.45, 2.75) is 52.1 Å². The fourth-order valence-corrected chi connectivity index (χ4v) is 4.32. The fourth-order valence-electron chi connectivity index (χ4n) is 4.32. The summed E-state index contributed by atoms with van der Waals surface area (Å²) in [4.78, 5) is 0. The number of benzene rings is 2. The Morgan fingerprint density at radius 3 is 2.42 bits per heavy atom. The molecule has 2 aromatic carbocycles. The van der Waals surface area contributed by atoms with Crippen molar-refractivity contribution in [2.75, 3.05) is 13.2 Å². The van der Waals surface area contributed by atoms with Gasteiger partial charge < -0.3 is 14.2 Å². The van der Waals surface area contributed by atoms with Crippen LogP contribution in [0.3, 0.4) is 0 Å². The SMILES string of the molecule is CCCC1CCC(/C(F)=C(\F)c2ccc3c(c2F)Oc2c(cc(OCC)c(F)c2F)C3)CO1. The first-order chi connectivity index (χ1) is 15.8. The molecule has 2 aliphatic heterocycles. The van der Waals surface area contributed by atoms with Gasteiger partial charge in [-0.2, -0.15) is 8.78 Å². The Labute approximate surface area is 189 Å². The first kappa shape index (κ1) is 23.5. The summed E-state index contributed by atoms with van der Waals surface area (Å²) < 4.78 is 89.8. The lowest BCUT2D eigenvalue weighted by molar-refractivity contribution is -0.0156. The van der Waals surface area contributed by atoms with Crippen LogP contribution in [-0.2, 0) is 11.2 Å². The molecule has 2 heterocycles. The second kappa shape index (κ2) is 9.71. The Morgan fingerprint density at radius 1 is 1.00 bits per heavy atom. The van der Waals surface area contributed by atoms with Gasteiger partial charge in [0.2, 0.25) is 11.6 Å². The molecule has 0 aliphatic carbocycles. The molecule has 8 heteroatoms. The Hall–Kier alpha value is -2.61. The standard InChI is InChI=1S/C25H25F5O3/c1-3-5-16-8-6-14(12-32-16)19(26)20(27)17-9-7-13-10-15-11-18(31-4-2)22(29)23(30)25(15)33-24(13)21(17)28/h7,9,11,14,16H,3-6,8,10,12H2,1-2H3/b20-19+. The average Bonchev–Trinajstić information content (AvgIpc) is 2.82. The van der Waals surface area contributed by atoms with E-state index in [0.29, 0.717) is 18.4 Å². The molecule has 0 N–H and O–H groups in total. The van der Waals surface area contributed by atoms with Crippen LogP contribution in [0.15, 0.2) is 24.0 Å². The highest BCUT2D eigenvalue weighted by Gasteiger charge is 2.32. The van der Waals surface area contributed by atoms with E-state index >= 15 is 4.39 Å². The van der Waals surface area contributed by atoms with E-state index in [-0.39, 0.29) is 37.1 Å². The van der Waals surface area contributed by atoms with Gasteiger partial charge in [-0.05, 0) is 38.3 Å². The molecular weight excluding hydrogens is 443 g/mol. The average molecular weight is 468 g/mol. The number of ether oxygens (including phenoxy) is 3. The van der Waals surface area contributed by atoms with Crippen LogP contribution in [0.4, 0.5) is 22.0 Å². The van der Waals surface area contributed by atoms with Gasteiger partial charge in [0.25, 0.3) is 0 Å². The Balaban J connectivity index is 1.63. The minimum absolute atomic E-state index is 0.0161. The van der Waals surface area contributed by atoms with Gasteiger partial charge in [-0.15, -0.1) is 0 Å². The zero-order valence-corrected chi connectivity index (χ0v) is 18.5. The number of hydrogen-bond donors (Lipinski definition) is 0. The van der Waals surface area contributed by atoms with Crippen LogP contribution in [0.5, 0.6) is 17.2 Å². The third-order valence-corrected chi connectivity index (χ3v) is 6.05. The zero-order chi connectivity index (χ0) is 23.7. The van der Waals surface area contributed by atoms with Crippen molar-refractivity contribution in [3.05, 3.63) is 58.2 Å². The molecule has 3 nitrogen and oxygen atoms in total. The molecule has 33 heavy (non-hydrogen) atoms. The van der Waals surface area contributed by atoms with E-state index in [9.17, 15) is 17.6 Å². The zero-order valence-electron chi connectivity index (χ0n) is 18.5. The van der Waals surface area contributed by atoms with Crippen LogP contribution in [0, 0.1) is 23.4 Å². The highest BCUT2D eigenvalue weighted by atomic mass is 19.2. The maximum atomic E-state index is 15.2. The van der Waals surface area contributed by atoms with Crippen molar-refractivity contribution in [2.24, 2.45) is 5.92 Å². The van der Waals surface area contributed by atoms with E-state index in [1.807, 2.05) is 6.92 Å². The molecule has 1 saturated heterocycles. The molecule has 0 radical (unpaired) electrons. The number of fused-ring (bicyclic) bond motifs is 2. The molecule has 2 atom stereocenters. The van der Waals surface area contributed by atoms with Gasteiger partial charge in [0.15, 0.2) is 28.9 Å². The Kier molecular flexibility index (Phi) is 6.93. The van der Waals surface area contributed by atoms with Gasteiger partial charge in [0.1, 0.15) is 5.83 Å². The van der Waals surface area contributed by atoms with Crippen LogP contribution < -0.4 is 9.47 Å². The predicted octanol–water partition coefficient (Wildman–Crippen LogP) is 7.40. The second-order valence-corrected chi connectivity index (χ2v) is 8.30. The number of halogens is 5. The molecule has 2 unspecified atom stereocenters. The molecule has 0 amide bonds. The Morgan fingerprint density at radius 2 is 1.76 bits per heavy atom. The first-order valence-electron chi connectivity index (χ1n) is 11.2. The molecule has 2 aliphatic rings. The maximum Gasteiger partial charge on any atom is 0.205 e. The summed E-state index contributed by atoms with van der Waals surface area (Å²) in [7, 11) is 0. The molecule has 1 fully saturated rings. The van der Waals surface area contributed by atoms with Gasteiger partial charge in [-0.25, -0.2) is 13.2 Å². The first-order valence-corrected chi connectivity index (χ1v) is 11.2. The topological polar surface area (TPSA) is 27.7 Å². The normalized spacial score (nSPS) is 20.5. The number of rotatable bonds is 6. The maximum absolute atomic E-state index is 15.2. The molecular formula is C25H25F5O3. The highest BCUT2D eigenvalue weighted by Crippen LogP contribution is 2.45. The molecule has 4 rings (SSSR count). The monoisotopic (exact) mass is 468 g/mol. The van der Waals surface area contributed by atoms with E-state index in [4.69, 9.17) is 14.2 Å². The summed E-state index contributed by atoms with van der Waals surface area (Å²) in [6, 6.07) is 3.81. The van der Waals surface area contributed by atoms with Gasteiger partial charge in [-0.3, -0.25) is 0 Å². The minimum Gasteiger partial charge on any atom is -0.491 e. The summed E-state index contributed by atoms with van der Waals surface area (Å²) in [6.07, 6.45) is 2.81. The lowest BCUT2D eigenvalue weighted by Crippen LogP contribution is -2.26. The minimum atomic E-state index is -1.34. The molecule has 178 valence electrons. The van der Waals surface area contributed by atoms with Gasteiger partial charge in [0, 0.05) is 23.5 Å². The van der Waals surface area contributed by atoms with Crippen molar-refractivity contribution in [3.63, 3.8) is 0 Å². The number of hydrogen-bond acceptors (Lipinski definition) is 3. The molecule has 0 aromatic heterocycles. The van der Waals surface area contributed by atoms with Gasteiger partial charge >= 0.3 is 0 Å². The van der Waals surface area contributed by atoms with E-state index < -0.39 is 52.1 Å². The van der Waals surface area contributed by atoms with Crippen LogP contribution in [0.2, 0.25) is 0 Å². The summed E-state index contributed by atoms with van der Waals surface area (Å²) in [5, 5.41) is 0. The van der Waals surface area contributed by atoms with Gasteiger partial charge in [-0.1, -0.05) is 19.4 Å². The molecule has 2 aromatic rings. The van der Waals surface area contributed by atoms with Crippen molar-refractivity contribution >= 4 is 5.83 Å². The van der Waals surface area contributed by atoms with Crippen molar-refractivity contribution < 1.29 is 36.2 Å². The highest BCUT2D eigenvalue weighted by molar-refractivity contribution is 5.66. The third-order valence-electron chi connectivity index (χ3n) is 6.05. The lowest BCUT2D eigenvalue weighted by atomic mass is 9.93. The molecule has 0 bridgehead atoms. The molecule has 0 saturated carbocycles. The van der Waals surface area contributed by atoms with Crippen LogP contribution in [-0.4, -0.2) is 19.3 Å². The van der Waals surface area contributed by atoms with Gasteiger partial charge in [0.05, 0.1) is 24.9 Å². The predicted molar refractivity (Wildman–Crippen MR) is 113 cm³/mol. The lowest BCUT2D eigenvalue weighted by Gasteiger charge is -2.28. The smallest absolute Gasteiger partial charge is 0.205 e. The Bertz CT molecular complexity index is 1070. The second-order valence-electron chi connectivity index (χ2n) is 8.30. The van der Waals surface area contributed by atoms with Crippen molar-refractivity contribution in [3.8, 4) is 17.2 Å². The summed E-state index contributed by atoms with van der Waals surface area (Å²) in [6.45, 7) is 3.80. The van der Waals surface area contributed by atoms with Crippen LogP contribution in [0.1, 0.15) is 56.2 Å². The van der Waals surface area contributed by atoms with E-state index in [1.165, 1.54) is 12.1 Å². The quantitative estimate of drug-likeness (QED) is 0.353. The van der Waals surface area contributed by atoms with E-state index in [0.717, 1.165) is 18.9 Å². The van der Waals surface area contributed by atoms with Crippen LogP contribution >= 0.6 is 0 Å². The fraction of sp³-hybridized carbons (Fsp3) is 0.440. The van der Waals surface area contributed by atoms with Crippen molar-refractivity contribution in [1.82, 2.24) is 0 Å². The van der Waals surface area contributed by atoms with E-state index in [1.54, 1.807) is 6.92 Å². The van der Waals surface area contributed by atoms with Crippen molar-refractivity contribution in [1.29, 1.82) is 0 Å². The third kappa shape index (κ3) is 4.45.